The van der Waals surface area contributed by atoms with Crippen LogP contribution < -0.4 is 5.56 Å². The van der Waals surface area contributed by atoms with Crippen molar-refractivity contribution in [3.05, 3.63) is 76.5 Å². The molecule has 1 aliphatic rings. The normalized spacial score (nSPS) is 15.9. The number of hydrogen-bond acceptors (Lipinski definition) is 5. The Kier molecular flexibility index (Phi) is 5.99. The molecule has 0 bridgehead atoms. The van der Waals surface area contributed by atoms with Crippen LogP contribution in [0.1, 0.15) is 47.1 Å². The molecule has 0 saturated carbocycles. The van der Waals surface area contributed by atoms with Gasteiger partial charge in [0.1, 0.15) is 11.0 Å². The summed E-state index contributed by atoms with van der Waals surface area (Å²) in [6.07, 6.45) is 4.26. The summed E-state index contributed by atoms with van der Waals surface area (Å²) in [7, 11) is 0. The van der Waals surface area contributed by atoms with Crippen LogP contribution in [0.3, 0.4) is 0 Å². The van der Waals surface area contributed by atoms with Crippen molar-refractivity contribution in [3.63, 3.8) is 0 Å². The average Bonchev–Trinajstić information content (AvgIpc) is 2.75. The number of nitrogens with zero attached hydrogens (tertiary/aromatic N) is 4. The van der Waals surface area contributed by atoms with Gasteiger partial charge in [0.15, 0.2) is 0 Å². The Hall–Kier alpha value is -3.50. The molecule has 0 aromatic carbocycles. The van der Waals surface area contributed by atoms with Crippen molar-refractivity contribution < 1.29 is 9.90 Å². The quantitative estimate of drug-likeness (QED) is 0.794. The van der Waals surface area contributed by atoms with E-state index in [4.69, 9.17) is 0 Å². The number of pyridine rings is 2. The highest BCUT2D eigenvalue weighted by atomic mass is 16.4. The van der Waals surface area contributed by atoms with Crippen LogP contribution in [-0.2, 0) is 12.0 Å². The van der Waals surface area contributed by atoms with Crippen LogP contribution in [0.15, 0.2) is 48.4 Å². The number of carboxylic acids is 1. The molecular weight excluding hydrogens is 380 g/mol. The van der Waals surface area contributed by atoms with Gasteiger partial charge in [-0.3, -0.25) is 19.2 Å². The summed E-state index contributed by atoms with van der Waals surface area (Å²) in [5.74, 6) is -1.28. The van der Waals surface area contributed by atoms with E-state index in [1.807, 2.05) is 18.2 Å². The number of aromatic carboxylic acids is 1. The summed E-state index contributed by atoms with van der Waals surface area (Å²) < 4.78 is 1.25. The van der Waals surface area contributed by atoms with Gasteiger partial charge < -0.3 is 5.11 Å². The van der Waals surface area contributed by atoms with E-state index in [9.17, 15) is 20.0 Å². The molecule has 30 heavy (non-hydrogen) atoms. The van der Waals surface area contributed by atoms with Gasteiger partial charge >= 0.3 is 5.97 Å². The molecule has 7 nitrogen and oxygen atoms in total. The number of allylic oxidation sites excluding steroid dienone is 1. The van der Waals surface area contributed by atoms with Gasteiger partial charge in [0.25, 0.3) is 5.56 Å². The molecule has 3 rings (SSSR count). The third kappa shape index (κ3) is 3.82. The molecular formula is C23H24N4O3. The molecule has 2 aromatic heterocycles. The minimum absolute atomic E-state index is 0.299. The Bertz CT molecular complexity index is 1090. The molecule has 0 amide bonds. The molecule has 1 aliphatic heterocycles. The van der Waals surface area contributed by atoms with E-state index in [1.165, 1.54) is 16.8 Å². The molecule has 0 atom stereocenters. The molecule has 0 spiro atoms. The van der Waals surface area contributed by atoms with Crippen LogP contribution in [0.5, 0.6) is 0 Å². The van der Waals surface area contributed by atoms with Gasteiger partial charge in [0.05, 0.1) is 17.5 Å². The molecule has 7 heteroatoms. The number of likely N-dealkylation sites (tertiary alicyclic amines) is 1. The third-order valence-electron chi connectivity index (χ3n) is 5.60. The van der Waals surface area contributed by atoms with E-state index in [2.05, 4.69) is 29.1 Å². The highest BCUT2D eigenvalue weighted by molar-refractivity contribution is 5.88. The van der Waals surface area contributed by atoms with Crippen LogP contribution in [0.25, 0.3) is 11.8 Å². The second-order valence-electron chi connectivity index (χ2n) is 7.56. The summed E-state index contributed by atoms with van der Waals surface area (Å²) in [5.41, 5.74) is 1.15. The van der Waals surface area contributed by atoms with Gasteiger partial charge in [0, 0.05) is 32.0 Å². The van der Waals surface area contributed by atoms with Gasteiger partial charge in [0.2, 0.25) is 0 Å². The van der Waals surface area contributed by atoms with Crippen molar-refractivity contribution in [2.45, 2.75) is 31.7 Å². The van der Waals surface area contributed by atoms with E-state index in [-0.39, 0.29) is 5.56 Å². The first kappa shape index (κ1) is 21.2. The minimum atomic E-state index is -1.28. The lowest BCUT2D eigenvalue weighted by Gasteiger charge is -2.37. The highest BCUT2D eigenvalue weighted by Crippen LogP contribution is 2.34. The third-order valence-corrected chi connectivity index (χ3v) is 5.60. The molecule has 0 unspecified atom stereocenters. The van der Waals surface area contributed by atoms with E-state index < -0.39 is 16.9 Å². The summed E-state index contributed by atoms with van der Waals surface area (Å²) in [6.45, 7) is 11.1. The molecule has 2 aromatic rings. The number of piperidine rings is 1. The lowest BCUT2D eigenvalue weighted by Crippen LogP contribution is -2.42. The number of hydrogen-bond donors (Lipinski definition) is 1. The zero-order valence-corrected chi connectivity index (χ0v) is 17.0. The van der Waals surface area contributed by atoms with Gasteiger partial charge in [-0.15, -0.1) is 0 Å². The van der Waals surface area contributed by atoms with Crippen molar-refractivity contribution in [1.29, 1.82) is 5.26 Å². The summed E-state index contributed by atoms with van der Waals surface area (Å²) in [6, 6.07) is 9.49. The van der Waals surface area contributed by atoms with Crippen LogP contribution in [0.4, 0.5) is 0 Å². The van der Waals surface area contributed by atoms with Crippen molar-refractivity contribution in [2.24, 2.45) is 0 Å². The van der Waals surface area contributed by atoms with Gasteiger partial charge in [-0.2, -0.15) is 5.26 Å². The number of nitriles is 1. The van der Waals surface area contributed by atoms with Crippen LogP contribution >= 0.6 is 0 Å². The lowest BCUT2D eigenvalue weighted by molar-refractivity contribution is 0.0694. The summed E-state index contributed by atoms with van der Waals surface area (Å²) in [4.78, 5) is 30.6. The zero-order valence-electron chi connectivity index (χ0n) is 17.0. The largest absolute Gasteiger partial charge is 0.477 e. The fourth-order valence-corrected chi connectivity index (χ4v) is 4.02. The number of aromatic nitrogens is 2. The topological polar surface area (TPSA) is 99.2 Å². The van der Waals surface area contributed by atoms with Gasteiger partial charge in [-0.05, 0) is 49.1 Å². The predicted octanol–water partition coefficient (Wildman–Crippen LogP) is 3.13. The van der Waals surface area contributed by atoms with Gasteiger partial charge in [-0.25, -0.2) is 4.79 Å². The van der Waals surface area contributed by atoms with Crippen molar-refractivity contribution in [3.8, 4) is 6.07 Å². The molecule has 0 aliphatic carbocycles. The first-order valence-corrected chi connectivity index (χ1v) is 9.68. The number of carbonyl (C=O) groups is 1. The van der Waals surface area contributed by atoms with Crippen LogP contribution in [-0.4, -0.2) is 38.6 Å². The average molecular weight is 404 g/mol. The maximum absolute atomic E-state index is 12.5. The SMILES string of the molecule is C=Cn1c(C(=C)C)c(CN2CCC(C#N)(c3ccccn3)CC2)cc(C(=O)O)c1=O. The molecule has 1 fully saturated rings. The number of carboxylic acid groups (broad SMARTS) is 1. The summed E-state index contributed by atoms with van der Waals surface area (Å²) in [5, 5.41) is 19.3. The second kappa shape index (κ2) is 8.47. The molecule has 0 radical (unpaired) electrons. The zero-order chi connectivity index (χ0) is 21.9. The Morgan fingerprint density at radius 1 is 1.40 bits per heavy atom. The fraction of sp³-hybridized carbons (Fsp3) is 0.304. The molecule has 154 valence electrons. The van der Waals surface area contributed by atoms with Gasteiger partial charge in [-0.1, -0.05) is 19.2 Å². The minimum Gasteiger partial charge on any atom is -0.477 e. The standard InChI is InChI=1S/C23H24N4O3/c1-4-27-20(16(2)3)17(13-18(21(27)28)22(29)30)14-26-11-8-23(15-24,9-12-26)19-7-5-6-10-25-19/h4-7,10,13H,1-2,8-9,11-12,14H2,3H3,(H,29,30). The Morgan fingerprint density at radius 3 is 2.60 bits per heavy atom. The molecule has 3 heterocycles. The smallest absolute Gasteiger partial charge is 0.341 e. The van der Waals surface area contributed by atoms with Crippen molar-refractivity contribution in [1.82, 2.24) is 14.5 Å². The maximum atomic E-state index is 12.5. The predicted molar refractivity (Wildman–Crippen MR) is 115 cm³/mol. The molecule has 1 N–H and O–H groups in total. The molecule has 1 saturated heterocycles. The van der Waals surface area contributed by atoms with E-state index in [0.29, 0.717) is 49.3 Å². The Morgan fingerprint density at radius 2 is 2.10 bits per heavy atom. The van der Waals surface area contributed by atoms with E-state index >= 15 is 0 Å². The van der Waals surface area contributed by atoms with Crippen molar-refractivity contribution >= 4 is 17.7 Å². The number of rotatable bonds is 6. The van der Waals surface area contributed by atoms with Crippen molar-refractivity contribution in [2.75, 3.05) is 13.1 Å². The highest BCUT2D eigenvalue weighted by Gasteiger charge is 2.37. The van der Waals surface area contributed by atoms with E-state index in [1.54, 1.807) is 13.1 Å². The lowest BCUT2D eigenvalue weighted by atomic mass is 9.76. The van der Waals surface area contributed by atoms with E-state index in [0.717, 1.165) is 5.69 Å². The second-order valence-corrected chi connectivity index (χ2v) is 7.56. The Balaban J connectivity index is 1.91. The summed E-state index contributed by atoms with van der Waals surface area (Å²) >= 11 is 0. The first-order valence-electron chi connectivity index (χ1n) is 9.68. The van der Waals surface area contributed by atoms with Crippen LogP contribution in [0, 0.1) is 11.3 Å². The Labute approximate surface area is 175 Å². The van der Waals surface area contributed by atoms with Crippen LogP contribution in [0.2, 0.25) is 0 Å². The monoisotopic (exact) mass is 404 g/mol. The first-order chi connectivity index (χ1) is 14.3. The maximum Gasteiger partial charge on any atom is 0.341 e. The fourth-order valence-electron chi connectivity index (χ4n) is 4.02.